The van der Waals surface area contributed by atoms with Crippen molar-refractivity contribution in [3.63, 3.8) is 0 Å². The van der Waals surface area contributed by atoms with E-state index in [0.717, 1.165) is 5.01 Å². The molecule has 0 saturated heterocycles. The Hall–Kier alpha value is -0.500. The van der Waals surface area contributed by atoms with Gasteiger partial charge in [-0.05, 0) is 19.3 Å². The first kappa shape index (κ1) is 19.5. The van der Waals surface area contributed by atoms with Crippen molar-refractivity contribution in [1.82, 2.24) is 14.6 Å². The van der Waals surface area contributed by atoms with Gasteiger partial charge in [0, 0.05) is 25.7 Å². The zero-order valence-electron chi connectivity index (χ0n) is 14.9. The van der Waals surface area contributed by atoms with Crippen molar-refractivity contribution in [2.75, 3.05) is 13.6 Å². The summed E-state index contributed by atoms with van der Waals surface area (Å²) < 4.78 is 27.4. The molecular formula is C15H29N3O2S2. The molecule has 0 radical (unpaired) electrons. The van der Waals surface area contributed by atoms with Crippen molar-refractivity contribution < 1.29 is 8.42 Å². The molecule has 0 fully saturated rings. The number of rotatable bonds is 6. The molecule has 5 nitrogen and oxygen atoms in total. The van der Waals surface area contributed by atoms with Crippen molar-refractivity contribution in [1.29, 1.82) is 0 Å². The van der Waals surface area contributed by atoms with Crippen LogP contribution in [-0.4, -0.2) is 43.4 Å². The fourth-order valence-electron chi connectivity index (χ4n) is 2.23. The van der Waals surface area contributed by atoms with E-state index in [-0.39, 0.29) is 11.5 Å². The Balaban J connectivity index is 3.03. The molecule has 1 heterocycles. The van der Waals surface area contributed by atoms with Gasteiger partial charge in [0.25, 0.3) is 10.0 Å². The number of likely N-dealkylation sites (N-methyl/N-ethyl adjacent to an activating group) is 1. The summed E-state index contributed by atoms with van der Waals surface area (Å²) in [5.41, 5.74) is 0.547. The Bertz CT molecular complexity index is 601. The van der Waals surface area contributed by atoms with Crippen LogP contribution in [0, 0.1) is 19.3 Å². The van der Waals surface area contributed by atoms with Crippen LogP contribution >= 0.6 is 11.3 Å². The van der Waals surface area contributed by atoms with Crippen LogP contribution in [0.25, 0.3) is 0 Å². The van der Waals surface area contributed by atoms with Crippen LogP contribution in [0.5, 0.6) is 0 Å². The van der Waals surface area contributed by atoms with Crippen LogP contribution in [0.1, 0.15) is 45.3 Å². The summed E-state index contributed by atoms with van der Waals surface area (Å²) in [6.07, 6.45) is 0. The van der Waals surface area contributed by atoms with Gasteiger partial charge in [-0.15, -0.1) is 11.3 Å². The summed E-state index contributed by atoms with van der Waals surface area (Å²) in [5.74, 6) is 0. The number of nitrogens with one attached hydrogen (secondary N) is 1. The van der Waals surface area contributed by atoms with Gasteiger partial charge < -0.3 is 5.32 Å². The second-order valence-corrected chi connectivity index (χ2v) is 10.6. The van der Waals surface area contributed by atoms with Crippen LogP contribution in [-0.2, 0) is 10.0 Å². The van der Waals surface area contributed by atoms with E-state index in [9.17, 15) is 8.42 Å². The monoisotopic (exact) mass is 347 g/mol. The lowest BCUT2D eigenvalue weighted by Crippen LogP contribution is -2.51. The Morgan fingerprint density at radius 1 is 1.27 bits per heavy atom. The van der Waals surface area contributed by atoms with E-state index in [2.05, 4.69) is 44.9 Å². The summed E-state index contributed by atoms with van der Waals surface area (Å²) in [4.78, 5) is 4.23. The number of nitrogens with zero attached hydrogens (tertiary/aromatic N) is 2. The molecule has 7 heteroatoms. The lowest BCUT2D eigenvalue weighted by molar-refractivity contribution is 0.223. The summed E-state index contributed by atoms with van der Waals surface area (Å²) in [5, 5.41) is 4.25. The third kappa shape index (κ3) is 4.75. The highest BCUT2D eigenvalue weighted by Crippen LogP contribution is 2.27. The molecular weight excluding hydrogens is 318 g/mol. The van der Waals surface area contributed by atoms with Crippen molar-refractivity contribution in [2.45, 2.75) is 64.8 Å². The first-order valence-corrected chi connectivity index (χ1v) is 9.77. The maximum Gasteiger partial charge on any atom is 0.254 e. The minimum absolute atomic E-state index is 0.0350. The van der Waals surface area contributed by atoms with E-state index in [1.165, 1.54) is 15.6 Å². The highest BCUT2D eigenvalue weighted by molar-refractivity contribution is 7.91. The molecule has 1 aromatic heterocycles. The summed E-state index contributed by atoms with van der Waals surface area (Å²) >= 11 is 1.24. The Kier molecular flexibility index (Phi) is 6.17. The Labute approximate surface area is 139 Å². The molecule has 0 saturated carbocycles. The van der Waals surface area contributed by atoms with Crippen LogP contribution in [0.2, 0.25) is 0 Å². The summed E-state index contributed by atoms with van der Waals surface area (Å²) in [6, 6.07) is 0.370. The SMILES string of the molecule is Cc1nc(C)c(S(=O)(=O)N(C)C[C@@H](NC(C)C)C(C)(C)C)s1. The summed E-state index contributed by atoms with van der Waals surface area (Å²) in [6.45, 7) is 14.5. The van der Waals surface area contributed by atoms with Gasteiger partial charge >= 0.3 is 0 Å². The van der Waals surface area contributed by atoms with Crippen molar-refractivity contribution >= 4 is 21.4 Å². The third-order valence-electron chi connectivity index (χ3n) is 3.53. The van der Waals surface area contributed by atoms with Gasteiger partial charge in [0.15, 0.2) is 4.21 Å². The van der Waals surface area contributed by atoms with Crippen molar-refractivity contribution in [3.05, 3.63) is 10.7 Å². The Morgan fingerprint density at radius 2 is 1.82 bits per heavy atom. The molecule has 0 aliphatic heterocycles. The van der Waals surface area contributed by atoms with Crippen molar-refractivity contribution in [3.8, 4) is 0 Å². The molecule has 0 aromatic carbocycles. The van der Waals surface area contributed by atoms with Gasteiger partial charge in [-0.2, -0.15) is 4.31 Å². The second-order valence-electron chi connectivity index (χ2n) is 7.13. The fraction of sp³-hybridized carbons (Fsp3) is 0.800. The predicted molar refractivity (Wildman–Crippen MR) is 92.9 cm³/mol. The average Bonchev–Trinajstić information content (AvgIpc) is 2.66. The third-order valence-corrected chi connectivity index (χ3v) is 7.01. The number of sulfonamides is 1. The zero-order valence-corrected chi connectivity index (χ0v) is 16.5. The number of aryl methyl sites for hydroxylation is 2. The minimum atomic E-state index is -3.49. The molecule has 0 amide bonds. The topological polar surface area (TPSA) is 62.3 Å². The van der Waals surface area contributed by atoms with Gasteiger partial charge in [0.05, 0.1) is 10.7 Å². The van der Waals surface area contributed by atoms with Crippen LogP contribution in [0.3, 0.4) is 0 Å². The first-order chi connectivity index (χ1) is 9.85. The van der Waals surface area contributed by atoms with E-state index >= 15 is 0 Å². The van der Waals surface area contributed by atoms with Crippen molar-refractivity contribution in [2.24, 2.45) is 5.41 Å². The quantitative estimate of drug-likeness (QED) is 0.859. The van der Waals surface area contributed by atoms with Gasteiger partial charge in [0.2, 0.25) is 0 Å². The minimum Gasteiger partial charge on any atom is -0.310 e. The molecule has 1 rings (SSSR count). The standard InChI is InChI=1S/C15H29N3O2S2/c1-10(2)16-13(15(5,6)7)9-18(8)22(19,20)14-11(3)17-12(4)21-14/h10,13,16H,9H2,1-8H3/t13-/m1/s1. The van der Waals surface area contributed by atoms with E-state index in [0.29, 0.717) is 22.5 Å². The normalized spacial score (nSPS) is 14.8. The van der Waals surface area contributed by atoms with Crippen LogP contribution in [0.4, 0.5) is 0 Å². The van der Waals surface area contributed by atoms with Crippen LogP contribution < -0.4 is 5.32 Å². The predicted octanol–water partition coefficient (Wildman–Crippen LogP) is 2.79. The maximum atomic E-state index is 12.8. The first-order valence-electron chi connectivity index (χ1n) is 7.52. The molecule has 128 valence electrons. The highest BCUT2D eigenvalue weighted by atomic mass is 32.2. The number of thiazole rings is 1. The van der Waals surface area contributed by atoms with Gasteiger partial charge in [0.1, 0.15) is 0 Å². The molecule has 1 aromatic rings. The number of hydrogen-bond donors (Lipinski definition) is 1. The fourth-order valence-corrected chi connectivity index (χ4v) is 5.08. The van der Waals surface area contributed by atoms with E-state index in [1.807, 2.05) is 6.92 Å². The number of aromatic nitrogens is 1. The van der Waals surface area contributed by atoms with Gasteiger partial charge in [-0.1, -0.05) is 34.6 Å². The second kappa shape index (κ2) is 6.95. The zero-order chi connectivity index (χ0) is 17.3. The molecule has 0 unspecified atom stereocenters. The molecule has 1 N–H and O–H groups in total. The molecule has 0 aliphatic carbocycles. The maximum absolute atomic E-state index is 12.8. The smallest absolute Gasteiger partial charge is 0.254 e. The summed E-state index contributed by atoms with van der Waals surface area (Å²) in [7, 11) is -1.85. The average molecular weight is 348 g/mol. The lowest BCUT2D eigenvalue weighted by Gasteiger charge is -2.35. The Morgan fingerprint density at radius 3 is 2.18 bits per heavy atom. The molecule has 0 bridgehead atoms. The lowest BCUT2D eigenvalue weighted by atomic mass is 9.86. The van der Waals surface area contributed by atoms with E-state index in [1.54, 1.807) is 14.0 Å². The molecule has 22 heavy (non-hydrogen) atoms. The molecule has 0 spiro atoms. The van der Waals surface area contributed by atoms with E-state index in [4.69, 9.17) is 0 Å². The van der Waals surface area contributed by atoms with Gasteiger partial charge in [-0.25, -0.2) is 13.4 Å². The largest absolute Gasteiger partial charge is 0.310 e. The van der Waals surface area contributed by atoms with Gasteiger partial charge in [-0.3, -0.25) is 0 Å². The molecule has 1 atom stereocenters. The number of hydrogen-bond acceptors (Lipinski definition) is 5. The van der Waals surface area contributed by atoms with E-state index < -0.39 is 10.0 Å². The van der Waals surface area contributed by atoms with Crippen LogP contribution in [0.15, 0.2) is 4.21 Å². The molecule has 0 aliphatic rings. The highest BCUT2D eigenvalue weighted by Gasteiger charge is 2.32.